The number of carbonyl (C=O) groups is 1. The van der Waals surface area contributed by atoms with Gasteiger partial charge < -0.3 is 4.74 Å². The number of nitrogens with zero attached hydrogens (tertiary/aromatic N) is 2. The van der Waals surface area contributed by atoms with E-state index in [-0.39, 0.29) is 17.1 Å². The second-order valence-corrected chi connectivity index (χ2v) is 8.55. The Balaban J connectivity index is 1.96. The molecule has 2 aromatic heterocycles. The summed E-state index contributed by atoms with van der Waals surface area (Å²) in [6.07, 6.45) is 4.78. The fourth-order valence-corrected chi connectivity index (χ4v) is 4.07. The van der Waals surface area contributed by atoms with Gasteiger partial charge in [0.25, 0.3) is 0 Å². The first-order valence-electron chi connectivity index (χ1n) is 9.53. The van der Waals surface area contributed by atoms with Crippen molar-refractivity contribution in [2.75, 3.05) is 17.6 Å². The van der Waals surface area contributed by atoms with Crippen molar-refractivity contribution < 1.29 is 17.9 Å². The summed E-state index contributed by atoms with van der Waals surface area (Å²) >= 11 is 0. The fraction of sp³-hybridized carbons (Fsp3) is 0.227. The molecular formula is C22H23N3O4S. The normalized spacial score (nSPS) is 11.1. The van der Waals surface area contributed by atoms with E-state index in [0.717, 1.165) is 23.1 Å². The van der Waals surface area contributed by atoms with Gasteiger partial charge in [-0.3, -0.25) is 9.71 Å². The lowest BCUT2D eigenvalue weighted by molar-refractivity contribution is 0.0600. The number of ether oxygens (including phenoxy) is 1. The van der Waals surface area contributed by atoms with Crippen LogP contribution >= 0.6 is 0 Å². The molecule has 8 heteroatoms. The van der Waals surface area contributed by atoms with Gasteiger partial charge in [0.1, 0.15) is 5.82 Å². The molecule has 0 aliphatic rings. The van der Waals surface area contributed by atoms with Crippen LogP contribution < -0.4 is 4.72 Å². The molecule has 0 saturated heterocycles. The number of unbranched alkanes of at least 4 members (excludes halogenated alkanes) is 1. The van der Waals surface area contributed by atoms with Crippen molar-refractivity contribution in [3.63, 3.8) is 0 Å². The molecule has 0 spiro atoms. The molecule has 156 valence electrons. The third-order valence-electron chi connectivity index (χ3n) is 4.45. The molecule has 0 fully saturated rings. The van der Waals surface area contributed by atoms with Crippen molar-refractivity contribution in [3.05, 3.63) is 66.5 Å². The molecule has 7 nitrogen and oxygen atoms in total. The summed E-state index contributed by atoms with van der Waals surface area (Å²) < 4.78 is 31.8. The number of sulfonamides is 1. The standard InChI is InChI=1S/C22H23N3O4S/c1-3-4-12-30(27,28)25-21-14-19(22(26)29-2)13-20(24-21)17-9-7-16(8-10-17)18-6-5-11-23-15-18/h5-11,13-15H,3-4,12H2,1-2H3,(H,24,25). The molecule has 3 rings (SSSR count). The van der Waals surface area contributed by atoms with E-state index in [9.17, 15) is 13.2 Å². The third-order valence-corrected chi connectivity index (χ3v) is 5.79. The van der Waals surface area contributed by atoms with Crippen LogP contribution in [0.2, 0.25) is 0 Å². The molecule has 0 bridgehead atoms. The largest absolute Gasteiger partial charge is 0.465 e. The lowest BCUT2D eigenvalue weighted by atomic mass is 10.0. The predicted molar refractivity (Wildman–Crippen MR) is 117 cm³/mol. The highest BCUT2D eigenvalue weighted by molar-refractivity contribution is 7.92. The molecule has 1 aromatic carbocycles. The lowest BCUT2D eigenvalue weighted by Gasteiger charge is -2.11. The molecule has 2 heterocycles. The van der Waals surface area contributed by atoms with Gasteiger partial charge in [0, 0.05) is 18.0 Å². The molecule has 0 atom stereocenters. The molecule has 30 heavy (non-hydrogen) atoms. The zero-order chi connectivity index (χ0) is 21.6. The maximum Gasteiger partial charge on any atom is 0.338 e. The second-order valence-electron chi connectivity index (χ2n) is 6.71. The summed E-state index contributed by atoms with van der Waals surface area (Å²) in [4.78, 5) is 20.6. The van der Waals surface area contributed by atoms with Gasteiger partial charge in [0.05, 0.1) is 24.1 Å². The van der Waals surface area contributed by atoms with Gasteiger partial charge in [-0.1, -0.05) is 43.7 Å². The number of nitrogens with one attached hydrogen (secondary N) is 1. The van der Waals surface area contributed by atoms with Gasteiger partial charge in [0.15, 0.2) is 0 Å². The molecule has 0 saturated carbocycles. The average Bonchev–Trinajstić information content (AvgIpc) is 2.77. The maximum atomic E-state index is 12.3. The average molecular weight is 426 g/mol. The van der Waals surface area contributed by atoms with Crippen molar-refractivity contribution in [1.82, 2.24) is 9.97 Å². The van der Waals surface area contributed by atoms with E-state index in [2.05, 4.69) is 14.7 Å². The van der Waals surface area contributed by atoms with E-state index in [0.29, 0.717) is 12.1 Å². The molecule has 0 radical (unpaired) electrons. The summed E-state index contributed by atoms with van der Waals surface area (Å²) in [5, 5.41) is 0. The Hall–Kier alpha value is -3.26. The van der Waals surface area contributed by atoms with E-state index in [4.69, 9.17) is 4.74 Å². The van der Waals surface area contributed by atoms with E-state index >= 15 is 0 Å². The molecular weight excluding hydrogens is 402 g/mol. The second kappa shape index (κ2) is 9.49. The number of methoxy groups -OCH3 is 1. The highest BCUT2D eigenvalue weighted by Crippen LogP contribution is 2.26. The number of esters is 1. The van der Waals surface area contributed by atoms with Crippen LogP contribution in [0, 0.1) is 0 Å². The minimum Gasteiger partial charge on any atom is -0.465 e. The number of anilines is 1. The molecule has 0 unspecified atom stereocenters. The molecule has 0 aliphatic carbocycles. The maximum absolute atomic E-state index is 12.3. The van der Waals surface area contributed by atoms with Crippen LogP contribution in [0.15, 0.2) is 60.9 Å². The van der Waals surface area contributed by atoms with Crippen LogP contribution in [0.5, 0.6) is 0 Å². The summed E-state index contributed by atoms with van der Waals surface area (Å²) in [7, 11) is -2.29. The lowest BCUT2D eigenvalue weighted by Crippen LogP contribution is -2.18. The quantitative estimate of drug-likeness (QED) is 0.545. The molecule has 0 amide bonds. The van der Waals surface area contributed by atoms with Gasteiger partial charge in [0.2, 0.25) is 10.0 Å². The number of pyridine rings is 2. The van der Waals surface area contributed by atoms with Crippen LogP contribution in [0.4, 0.5) is 5.82 Å². The van der Waals surface area contributed by atoms with Crippen molar-refractivity contribution in [3.8, 4) is 22.4 Å². The zero-order valence-corrected chi connectivity index (χ0v) is 17.6. The number of rotatable bonds is 8. The van der Waals surface area contributed by atoms with Crippen molar-refractivity contribution in [2.24, 2.45) is 0 Å². The van der Waals surface area contributed by atoms with Gasteiger partial charge in [-0.2, -0.15) is 0 Å². The highest BCUT2D eigenvalue weighted by atomic mass is 32.2. The summed E-state index contributed by atoms with van der Waals surface area (Å²) in [6.45, 7) is 1.92. The first-order chi connectivity index (χ1) is 14.4. The first-order valence-corrected chi connectivity index (χ1v) is 11.2. The third kappa shape index (κ3) is 5.42. The highest BCUT2D eigenvalue weighted by Gasteiger charge is 2.16. The Morgan fingerprint density at radius 3 is 2.43 bits per heavy atom. The topological polar surface area (TPSA) is 98.2 Å². The van der Waals surface area contributed by atoms with Crippen LogP contribution in [0.25, 0.3) is 22.4 Å². The van der Waals surface area contributed by atoms with Crippen LogP contribution in [-0.4, -0.2) is 37.2 Å². The number of hydrogen-bond donors (Lipinski definition) is 1. The Kier molecular flexibility index (Phi) is 6.79. The predicted octanol–water partition coefficient (Wildman–Crippen LogP) is 4.14. The minimum atomic E-state index is -3.56. The monoisotopic (exact) mass is 425 g/mol. The minimum absolute atomic E-state index is 0.0111. The Morgan fingerprint density at radius 2 is 1.80 bits per heavy atom. The van der Waals surface area contributed by atoms with Gasteiger partial charge in [-0.05, 0) is 35.7 Å². The Bertz CT molecular complexity index is 1110. The van der Waals surface area contributed by atoms with Crippen molar-refractivity contribution in [2.45, 2.75) is 19.8 Å². The van der Waals surface area contributed by atoms with E-state index in [1.165, 1.54) is 13.2 Å². The van der Waals surface area contributed by atoms with Crippen LogP contribution in [0.1, 0.15) is 30.1 Å². The number of benzene rings is 1. The van der Waals surface area contributed by atoms with Crippen molar-refractivity contribution in [1.29, 1.82) is 0 Å². The first kappa shape index (κ1) is 21.4. The Labute approximate surface area is 176 Å². The van der Waals surface area contributed by atoms with E-state index in [1.54, 1.807) is 18.5 Å². The van der Waals surface area contributed by atoms with Gasteiger partial charge in [-0.25, -0.2) is 18.2 Å². The smallest absolute Gasteiger partial charge is 0.338 e. The number of carbonyl (C=O) groups excluding carboxylic acids is 1. The molecule has 3 aromatic rings. The summed E-state index contributed by atoms with van der Waals surface area (Å²) in [5.41, 5.74) is 3.37. The fourth-order valence-electron chi connectivity index (χ4n) is 2.88. The summed E-state index contributed by atoms with van der Waals surface area (Å²) in [5.74, 6) is -0.497. The van der Waals surface area contributed by atoms with Gasteiger partial charge in [-0.15, -0.1) is 0 Å². The van der Waals surface area contributed by atoms with Crippen LogP contribution in [-0.2, 0) is 14.8 Å². The summed E-state index contributed by atoms with van der Waals surface area (Å²) in [6, 6.07) is 14.3. The van der Waals surface area contributed by atoms with E-state index in [1.807, 2.05) is 43.3 Å². The molecule has 1 N–H and O–H groups in total. The molecule has 0 aliphatic heterocycles. The van der Waals surface area contributed by atoms with Crippen molar-refractivity contribution >= 4 is 21.8 Å². The van der Waals surface area contributed by atoms with Gasteiger partial charge >= 0.3 is 5.97 Å². The number of hydrogen-bond acceptors (Lipinski definition) is 6. The Morgan fingerprint density at radius 1 is 1.07 bits per heavy atom. The van der Waals surface area contributed by atoms with E-state index < -0.39 is 16.0 Å². The SMILES string of the molecule is CCCCS(=O)(=O)Nc1cc(C(=O)OC)cc(-c2ccc(-c3cccnc3)cc2)n1. The number of aromatic nitrogens is 2. The zero-order valence-electron chi connectivity index (χ0n) is 16.8. The van der Waals surface area contributed by atoms with Crippen LogP contribution in [0.3, 0.4) is 0 Å².